The summed E-state index contributed by atoms with van der Waals surface area (Å²) in [7, 11) is 0. The van der Waals surface area contributed by atoms with Gasteiger partial charge in [0, 0.05) is 16.1 Å². The topological polar surface area (TPSA) is 57.8 Å². The van der Waals surface area contributed by atoms with Crippen molar-refractivity contribution in [3.8, 4) is 11.3 Å². The molecule has 0 unspecified atom stereocenters. The van der Waals surface area contributed by atoms with E-state index in [0.717, 1.165) is 15.7 Å². The molecule has 17 heavy (non-hydrogen) atoms. The molecule has 0 aliphatic rings. The minimum Gasteiger partial charge on any atom is -0.310 e. The van der Waals surface area contributed by atoms with E-state index in [2.05, 4.69) is 44.1 Å². The molecular weight excluding hydrogens is 302 g/mol. The molecule has 0 spiro atoms. The number of amides is 1. The van der Waals surface area contributed by atoms with Gasteiger partial charge >= 0.3 is 0 Å². The van der Waals surface area contributed by atoms with Crippen molar-refractivity contribution in [2.75, 3.05) is 11.1 Å². The van der Waals surface area contributed by atoms with Crippen LogP contribution in [0.1, 0.15) is 0 Å². The number of halogens is 1. The number of aromatic nitrogens is 2. The summed E-state index contributed by atoms with van der Waals surface area (Å²) in [5.41, 5.74) is 1.77. The van der Waals surface area contributed by atoms with Crippen LogP contribution in [0.25, 0.3) is 11.3 Å². The van der Waals surface area contributed by atoms with Crippen molar-refractivity contribution in [3.63, 3.8) is 0 Å². The van der Waals surface area contributed by atoms with Gasteiger partial charge in [0.1, 0.15) is 5.82 Å². The summed E-state index contributed by atoms with van der Waals surface area (Å²) in [5.74, 6) is 0.549. The van der Waals surface area contributed by atoms with Gasteiger partial charge in [0.05, 0.1) is 11.4 Å². The molecule has 0 fully saturated rings. The van der Waals surface area contributed by atoms with Crippen molar-refractivity contribution >= 4 is 40.3 Å². The van der Waals surface area contributed by atoms with Gasteiger partial charge in [0.25, 0.3) is 0 Å². The molecule has 1 aromatic heterocycles. The van der Waals surface area contributed by atoms with Crippen molar-refractivity contribution < 1.29 is 4.79 Å². The molecule has 0 saturated heterocycles. The third-order valence-corrected chi connectivity index (χ3v) is 2.95. The maximum Gasteiger partial charge on any atom is 0.235 e. The largest absolute Gasteiger partial charge is 0.310 e. The minimum absolute atomic E-state index is 0.145. The van der Waals surface area contributed by atoms with Gasteiger partial charge < -0.3 is 5.32 Å². The Labute approximate surface area is 112 Å². The normalized spacial score (nSPS) is 10.2. The maximum atomic E-state index is 11.1. The lowest BCUT2D eigenvalue weighted by molar-refractivity contribution is -0.113. The summed E-state index contributed by atoms with van der Waals surface area (Å²) in [6, 6.07) is 9.56. The average Bonchev–Trinajstić information content (AvgIpc) is 2.78. The van der Waals surface area contributed by atoms with Crippen LogP contribution >= 0.6 is 28.6 Å². The Bertz CT molecular complexity index is 524. The first kappa shape index (κ1) is 12.2. The van der Waals surface area contributed by atoms with Crippen LogP contribution in [0.5, 0.6) is 0 Å². The molecule has 0 aliphatic heterocycles. The zero-order valence-corrected chi connectivity index (χ0v) is 11.3. The molecule has 2 aromatic rings. The van der Waals surface area contributed by atoms with Gasteiger partial charge in [-0.2, -0.15) is 17.7 Å². The molecule has 0 radical (unpaired) electrons. The highest BCUT2D eigenvalue weighted by Gasteiger charge is 2.05. The number of carbonyl (C=O) groups excluding carboxylic acids is 1. The van der Waals surface area contributed by atoms with Gasteiger partial charge in [0.2, 0.25) is 5.91 Å². The first-order valence-corrected chi connectivity index (χ1v) is 6.33. The average molecular weight is 312 g/mol. The molecule has 4 nitrogen and oxygen atoms in total. The van der Waals surface area contributed by atoms with E-state index >= 15 is 0 Å². The summed E-state index contributed by atoms with van der Waals surface area (Å²) in [5, 5.41) is 9.53. The van der Waals surface area contributed by atoms with Gasteiger partial charge in [0.15, 0.2) is 0 Å². The zero-order valence-electron chi connectivity index (χ0n) is 8.77. The van der Waals surface area contributed by atoms with Gasteiger partial charge in [-0.05, 0) is 12.1 Å². The number of carbonyl (C=O) groups is 1. The fraction of sp³-hybridized carbons (Fsp3) is 0.0909. The number of H-pyrrole nitrogens is 1. The summed E-state index contributed by atoms with van der Waals surface area (Å²) in [6.07, 6.45) is 0. The lowest BCUT2D eigenvalue weighted by atomic mass is 10.1. The molecule has 88 valence electrons. The summed E-state index contributed by atoms with van der Waals surface area (Å²) in [4.78, 5) is 11.1. The van der Waals surface area contributed by atoms with Crippen LogP contribution in [0.15, 0.2) is 34.8 Å². The van der Waals surface area contributed by atoms with Gasteiger partial charge in [-0.25, -0.2) is 0 Å². The Balaban J connectivity index is 2.18. The van der Waals surface area contributed by atoms with Crippen molar-refractivity contribution in [1.29, 1.82) is 0 Å². The van der Waals surface area contributed by atoms with Gasteiger partial charge in [-0.15, -0.1) is 0 Å². The molecule has 1 aromatic carbocycles. The second-order valence-corrected chi connectivity index (χ2v) is 4.61. The van der Waals surface area contributed by atoms with E-state index in [4.69, 9.17) is 0 Å². The van der Waals surface area contributed by atoms with E-state index < -0.39 is 0 Å². The fourth-order valence-electron chi connectivity index (χ4n) is 1.34. The van der Waals surface area contributed by atoms with Crippen LogP contribution in [0.2, 0.25) is 0 Å². The molecular formula is C11H10BrN3OS. The molecule has 0 bridgehead atoms. The second-order valence-electron chi connectivity index (χ2n) is 3.38. The third kappa shape index (κ3) is 3.10. The zero-order chi connectivity index (χ0) is 12.3. The smallest absolute Gasteiger partial charge is 0.235 e. The van der Waals surface area contributed by atoms with E-state index in [0.29, 0.717) is 5.82 Å². The Morgan fingerprint density at radius 1 is 1.41 bits per heavy atom. The van der Waals surface area contributed by atoms with Crippen molar-refractivity contribution in [1.82, 2.24) is 10.2 Å². The number of aromatic amines is 1. The number of anilines is 1. The molecule has 6 heteroatoms. The Kier molecular flexibility index (Phi) is 3.86. The maximum absolute atomic E-state index is 11.1. The van der Waals surface area contributed by atoms with Crippen LogP contribution in [-0.2, 0) is 4.79 Å². The van der Waals surface area contributed by atoms with Gasteiger partial charge in [-0.3, -0.25) is 9.89 Å². The van der Waals surface area contributed by atoms with Gasteiger partial charge in [-0.1, -0.05) is 28.1 Å². The highest BCUT2D eigenvalue weighted by Crippen LogP contribution is 2.21. The number of hydrogen-bond acceptors (Lipinski definition) is 3. The number of hydrogen-bond donors (Lipinski definition) is 3. The predicted octanol–water partition coefficient (Wildman–Crippen LogP) is 2.71. The number of nitrogens with zero attached hydrogens (tertiary/aromatic N) is 1. The number of thiol groups is 1. The molecule has 0 atom stereocenters. The standard InChI is InChI=1S/C11H10BrN3OS/c12-8-3-1-7(2-4-8)9-5-10(15-14-9)13-11(16)6-17/h1-5,17H,6H2,(H2,13,14,15,16). The van der Waals surface area contributed by atoms with E-state index in [1.54, 1.807) is 6.07 Å². The molecule has 0 saturated carbocycles. The fourth-order valence-corrected chi connectivity index (χ4v) is 1.69. The van der Waals surface area contributed by atoms with Crippen LogP contribution < -0.4 is 5.32 Å². The number of benzene rings is 1. The molecule has 1 heterocycles. The van der Waals surface area contributed by atoms with Crippen LogP contribution in [0, 0.1) is 0 Å². The Morgan fingerprint density at radius 3 is 2.76 bits per heavy atom. The first-order valence-electron chi connectivity index (χ1n) is 4.91. The van der Waals surface area contributed by atoms with Crippen LogP contribution in [0.4, 0.5) is 5.82 Å². The van der Waals surface area contributed by atoms with E-state index in [1.807, 2.05) is 24.3 Å². The molecule has 2 rings (SSSR count). The quantitative estimate of drug-likeness (QED) is 0.763. The summed E-state index contributed by atoms with van der Waals surface area (Å²) < 4.78 is 1.01. The molecule has 1 amide bonds. The van der Waals surface area contributed by atoms with Crippen LogP contribution in [0.3, 0.4) is 0 Å². The number of nitrogens with one attached hydrogen (secondary N) is 2. The van der Waals surface area contributed by atoms with E-state index in [1.165, 1.54) is 0 Å². The summed E-state index contributed by atoms with van der Waals surface area (Å²) in [6.45, 7) is 0. The van der Waals surface area contributed by atoms with E-state index in [-0.39, 0.29) is 11.7 Å². The monoisotopic (exact) mass is 311 g/mol. The SMILES string of the molecule is O=C(CS)Nc1cc(-c2ccc(Br)cc2)n[nH]1. The lowest BCUT2D eigenvalue weighted by Gasteiger charge is -1.97. The summed E-state index contributed by atoms with van der Waals surface area (Å²) >= 11 is 7.25. The first-order chi connectivity index (χ1) is 8.19. The molecule has 2 N–H and O–H groups in total. The number of rotatable bonds is 3. The van der Waals surface area contributed by atoms with Crippen LogP contribution in [-0.4, -0.2) is 21.9 Å². The highest BCUT2D eigenvalue weighted by molar-refractivity contribution is 9.10. The predicted molar refractivity (Wildman–Crippen MR) is 74.2 cm³/mol. The highest BCUT2D eigenvalue weighted by atomic mass is 79.9. The lowest BCUT2D eigenvalue weighted by Crippen LogP contribution is -2.12. The molecule has 0 aliphatic carbocycles. The third-order valence-electron chi connectivity index (χ3n) is 2.14. The second kappa shape index (κ2) is 5.37. The Hall–Kier alpha value is -1.27. The van der Waals surface area contributed by atoms with Crippen molar-refractivity contribution in [2.24, 2.45) is 0 Å². The minimum atomic E-state index is -0.167. The van der Waals surface area contributed by atoms with Crippen molar-refractivity contribution in [3.05, 3.63) is 34.8 Å². The van der Waals surface area contributed by atoms with Crippen molar-refractivity contribution in [2.45, 2.75) is 0 Å². The Morgan fingerprint density at radius 2 is 2.12 bits per heavy atom. The van der Waals surface area contributed by atoms with E-state index in [9.17, 15) is 4.79 Å².